The van der Waals surface area contributed by atoms with Crippen molar-refractivity contribution in [3.63, 3.8) is 0 Å². The van der Waals surface area contributed by atoms with Gasteiger partial charge in [-0.1, -0.05) is 42.5 Å². The van der Waals surface area contributed by atoms with Gasteiger partial charge in [0, 0.05) is 28.1 Å². The summed E-state index contributed by atoms with van der Waals surface area (Å²) in [6.07, 6.45) is 4.96. The fourth-order valence-electron chi connectivity index (χ4n) is 5.65. The van der Waals surface area contributed by atoms with Gasteiger partial charge >= 0.3 is 0 Å². The van der Waals surface area contributed by atoms with Crippen molar-refractivity contribution in [3.8, 4) is 11.1 Å². The van der Waals surface area contributed by atoms with Gasteiger partial charge in [0.05, 0.1) is 19.4 Å². The zero-order chi connectivity index (χ0) is 31.3. The van der Waals surface area contributed by atoms with Crippen LogP contribution in [-0.4, -0.2) is 35.6 Å². The van der Waals surface area contributed by atoms with E-state index in [2.05, 4.69) is 16.7 Å². The highest BCUT2D eigenvalue weighted by atomic mass is 32.2. The molecule has 228 valence electrons. The minimum absolute atomic E-state index is 0.173. The maximum atomic E-state index is 14.3. The lowest BCUT2D eigenvalue weighted by Crippen LogP contribution is -2.50. The number of nitrogens with one attached hydrogen (secondary N) is 2. The number of primary amides is 1. The third-order valence-electron chi connectivity index (χ3n) is 7.93. The number of amides is 3. The van der Waals surface area contributed by atoms with Crippen LogP contribution in [0.1, 0.15) is 53.9 Å². The number of hydrogen-bond acceptors (Lipinski definition) is 6. The Labute approximate surface area is 262 Å². The summed E-state index contributed by atoms with van der Waals surface area (Å²) in [5.74, 6) is -0.102. The van der Waals surface area contributed by atoms with Gasteiger partial charge in [-0.2, -0.15) is 0 Å². The van der Waals surface area contributed by atoms with Gasteiger partial charge in [-0.05, 0) is 91.6 Å². The highest BCUT2D eigenvalue weighted by Gasteiger charge is 2.33. The molecule has 8 nitrogen and oxygen atoms in total. The van der Waals surface area contributed by atoms with Crippen LogP contribution >= 0.6 is 11.8 Å². The molecule has 1 atom stereocenters. The van der Waals surface area contributed by atoms with E-state index in [1.807, 2.05) is 80.8 Å². The number of thioether (sulfide) groups is 1. The molecule has 4 aromatic rings. The Hall–Kier alpha value is -4.34. The first kappa shape index (κ1) is 31.1. The maximum Gasteiger partial charge on any atom is 0.249 e. The predicted octanol–water partition coefficient (Wildman–Crippen LogP) is 5.69. The van der Waals surface area contributed by atoms with Gasteiger partial charge in [-0.3, -0.25) is 14.4 Å². The number of nitrogens with two attached hydrogens (primary N) is 1. The Morgan fingerprint density at radius 2 is 1.77 bits per heavy atom. The molecule has 0 bridgehead atoms. The van der Waals surface area contributed by atoms with Gasteiger partial charge in [0.15, 0.2) is 0 Å². The Bertz CT molecular complexity index is 1650. The van der Waals surface area contributed by atoms with Gasteiger partial charge in [0.25, 0.3) is 0 Å². The summed E-state index contributed by atoms with van der Waals surface area (Å²) < 4.78 is 5.41. The van der Waals surface area contributed by atoms with E-state index >= 15 is 0 Å². The van der Waals surface area contributed by atoms with Gasteiger partial charge in [0.2, 0.25) is 17.7 Å². The van der Waals surface area contributed by atoms with E-state index in [4.69, 9.17) is 10.2 Å². The second-order valence-electron chi connectivity index (χ2n) is 11.6. The molecule has 0 spiro atoms. The quantitative estimate of drug-likeness (QED) is 0.188. The molecule has 1 aliphatic rings. The molecule has 5 rings (SSSR count). The molecule has 3 aromatic carbocycles. The van der Waals surface area contributed by atoms with Crippen molar-refractivity contribution in [1.29, 1.82) is 0 Å². The highest BCUT2D eigenvalue weighted by molar-refractivity contribution is 7.98. The number of anilines is 1. The minimum atomic E-state index is -0.696. The van der Waals surface area contributed by atoms with Gasteiger partial charge < -0.3 is 25.7 Å². The van der Waals surface area contributed by atoms with Crippen LogP contribution in [0.5, 0.6) is 0 Å². The number of benzene rings is 3. The maximum absolute atomic E-state index is 14.3. The number of carbonyl (C=O) groups excluding carboxylic acids is 3. The number of furan rings is 1. The van der Waals surface area contributed by atoms with Crippen molar-refractivity contribution < 1.29 is 18.8 Å². The molecule has 0 aliphatic carbocycles. The van der Waals surface area contributed by atoms with Crippen LogP contribution in [-0.2, 0) is 29.1 Å². The summed E-state index contributed by atoms with van der Waals surface area (Å²) >= 11 is 1.65. The van der Waals surface area contributed by atoms with E-state index in [0.717, 1.165) is 33.0 Å². The first-order valence-corrected chi connectivity index (χ1v) is 15.9. The van der Waals surface area contributed by atoms with E-state index in [1.165, 1.54) is 0 Å². The molecule has 0 fully saturated rings. The molecule has 0 saturated carbocycles. The van der Waals surface area contributed by atoms with Crippen molar-refractivity contribution >= 4 is 35.2 Å². The normalized spacial score (nSPS) is 15.0. The Morgan fingerprint density at radius 1 is 1.02 bits per heavy atom. The van der Waals surface area contributed by atoms with Crippen LogP contribution in [0.25, 0.3) is 11.1 Å². The van der Waals surface area contributed by atoms with Crippen molar-refractivity contribution in [2.24, 2.45) is 5.73 Å². The molecule has 1 unspecified atom stereocenters. The van der Waals surface area contributed by atoms with Crippen molar-refractivity contribution in [2.75, 3.05) is 11.2 Å². The molecule has 0 radical (unpaired) electrons. The number of aryl methyl sites for hydroxylation is 1. The largest absolute Gasteiger partial charge is 0.468 e. The smallest absolute Gasteiger partial charge is 0.249 e. The van der Waals surface area contributed by atoms with Crippen molar-refractivity contribution in [2.45, 2.75) is 62.7 Å². The lowest BCUT2D eigenvalue weighted by atomic mass is 9.94. The van der Waals surface area contributed by atoms with Crippen LogP contribution in [0.4, 0.5) is 5.69 Å². The van der Waals surface area contributed by atoms with E-state index in [0.29, 0.717) is 30.5 Å². The number of nitrogens with zero attached hydrogens (tertiary/aromatic N) is 1. The number of hydrogen-bond donors (Lipinski definition) is 3. The standard InChI is InChI=1S/C35H38N4O4S/c1-35(2,37-21-25-10-8-18-43-25)20-32(40)38-30-16-14-23-19-26(44-3)15-17-31(23)39(34(30)42)22-24-9-4-5-11-27(24)28-12-6-7-13-29(28)33(36)41/h4-13,15,17-19,30,37H,14,16,20-22H2,1-3H3,(H2,36,41)(H,38,40). The molecular weight excluding hydrogens is 572 g/mol. The average Bonchev–Trinajstić information content (AvgIpc) is 3.51. The van der Waals surface area contributed by atoms with Crippen LogP contribution in [0.3, 0.4) is 0 Å². The van der Waals surface area contributed by atoms with Crippen molar-refractivity contribution in [1.82, 2.24) is 10.6 Å². The third-order valence-corrected chi connectivity index (χ3v) is 8.66. The molecule has 4 N–H and O–H groups in total. The van der Waals surface area contributed by atoms with Crippen LogP contribution in [0.15, 0.2) is 94.4 Å². The van der Waals surface area contributed by atoms with Crippen LogP contribution < -0.4 is 21.3 Å². The molecular formula is C35H38N4O4S. The zero-order valence-electron chi connectivity index (χ0n) is 25.3. The lowest BCUT2D eigenvalue weighted by Gasteiger charge is -2.29. The summed E-state index contributed by atoms with van der Waals surface area (Å²) in [6, 6.07) is 24.1. The number of fused-ring (bicyclic) bond motifs is 1. The summed E-state index contributed by atoms with van der Waals surface area (Å²) in [5, 5.41) is 6.42. The SMILES string of the molecule is CSc1ccc2c(c1)CCC(NC(=O)CC(C)(C)NCc1ccco1)C(=O)N2Cc1ccccc1-c1ccccc1C(N)=O. The Morgan fingerprint density at radius 3 is 2.50 bits per heavy atom. The summed E-state index contributed by atoms with van der Waals surface area (Å²) in [5.41, 5.74) is 9.89. The van der Waals surface area contributed by atoms with Crippen molar-refractivity contribution in [3.05, 3.63) is 108 Å². The van der Waals surface area contributed by atoms with E-state index < -0.39 is 17.5 Å². The summed E-state index contributed by atoms with van der Waals surface area (Å²) in [6.45, 7) is 4.67. The molecule has 0 saturated heterocycles. The topological polar surface area (TPSA) is 118 Å². The Kier molecular flexibility index (Phi) is 9.56. The first-order chi connectivity index (χ1) is 21.1. The van der Waals surface area contributed by atoms with Gasteiger partial charge in [0.1, 0.15) is 11.8 Å². The van der Waals surface area contributed by atoms with E-state index in [1.54, 1.807) is 35.1 Å². The third kappa shape index (κ3) is 7.23. The van der Waals surface area contributed by atoms with E-state index in [-0.39, 0.29) is 24.8 Å². The fourth-order valence-corrected chi connectivity index (χ4v) is 6.12. The monoisotopic (exact) mass is 610 g/mol. The van der Waals surface area contributed by atoms with Gasteiger partial charge in [-0.25, -0.2) is 0 Å². The zero-order valence-corrected chi connectivity index (χ0v) is 26.1. The first-order valence-electron chi connectivity index (χ1n) is 14.7. The molecule has 1 aliphatic heterocycles. The average molecular weight is 611 g/mol. The molecule has 1 aromatic heterocycles. The second-order valence-corrected chi connectivity index (χ2v) is 12.5. The predicted molar refractivity (Wildman–Crippen MR) is 174 cm³/mol. The number of carbonyl (C=O) groups is 3. The van der Waals surface area contributed by atoms with Gasteiger partial charge in [-0.15, -0.1) is 11.8 Å². The fraction of sp³-hybridized carbons (Fsp3) is 0.286. The molecule has 44 heavy (non-hydrogen) atoms. The van der Waals surface area contributed by atoms with E-state index in [9.17, 15) is 14.4 Å². The van der Waals surface area contributed by atoms with Crippen LogP contribution in [0, 0.1) is 0 Å². The lowest BCUT2D eigenvalue weighted by molar-refractivity contribution is -0.128. The molecule has 3 amide bonds. The minimum Gasteiger partial charge on any atom is -0.468 e. The second kappa shape index (κ2) is 13.5. The summed E-state index contributed by atoms with van der Waals surface area (Å²) in [4.78, 5) is 42.8. The van der Waals surface area contributed by atoms with Crippen LogP contribution in [0.2, 0.25) is 0 Å². The highest BCUT2D eigenvalue weighted by Crippen LogP contribution is 2.34. The Balaban J connectivity index is 1.42. The molecule has 2 heterocycles. The number of rotatable bonds is 11. The molecule has 9 heteroatoms. The summed E-state index contributed by atoms with van der Waals surface area (Å²) in [7, 11) is 0.